The van der Waals surface area contributed by atoms with Gasteiger partial charge >= 0.3 is 0 Å². The van der Waals surface area contributed by atoms with Gasteiger partial charge in [-0.2, -0.15) is 0 Å². The summed E-state index contributed by atoms with van der Waals surface area (Å²) in [5, 5.41) is 10.4. The van der Waals surface area contributed by atoms with Crippen LogP contribution in [0.2, 0.25) is 0 Å². The summed E-state index contributed by atoms with van der Waals surface area (Å²) in [6.07, 6.45) is 4.66. The third-order valence-corrected chi connectivity index (χ3v) is 6.04. The molecule has 0 amide bonds. The van der Waals surface area contributed by atoms with Gasteiger partial charge in [0, 0.05) is 42.3 Å². The normalized spacial score (nSPS) is 13.8. The lowest BCUT2D eigenvalue weighted by molar-refractivity contribution is 0.425. The Morgan fingerprint density at radius 3 is 2.55 bits per heavy atom. The number of sulfone groups is 1. The number of aromatic hydroxyl groups is 1. The lowest BCUT2D eigenvalue weighted by Gasteiger charge is -2.16. The molecule has 0 aliphatic heterocycles. The topological polar surface area (TPSA) is 98.5 Å². The Labute approximate surface area is 189 Å². The quantitative estimate of drug-likeness (QED) is 0.555. The van der Waals surface area contributed by atoms with Crippen molar-refractivity contribution >= 4 is 9.84 Å². The van der Waals surface area contributed by atoms with Gasteiger partial charge in [0.15, 0.2) is 27.2 Å². The highest BCUT2D eigenvalue weighted by atomic mass is 32.2. The molecule has 4 rings (SSSR count). The number of benzene rings is 1. The molecule has 0 saturated heterocycles. The van der Waals surface area contributed by atoms with Crippen molar-refractivity contribution in [3.8, 4) is 28.5 Å². The molecule has 2 aromatic heterocycles. The number of hydrogen-bond acceptors (Lipinski definition) is 6. The second-order valence-electron chi connectivity index (χ2n) is 8.36. The van der Waals surface area contributed by atoms with E-state index in [2.05, 4.69) is 4.98 Å². The molecule has 1 aliphatic carbocycles. The summed E-state index contributed by atoms with van der Waals surface area (Å²) in [6, 6.07) is 5.47. The third-order valence-electron chi connectivity index (χ3n) is 5.25. The molecule has 0 spiro atoms. The minimum atomic E-state index is -3.53. The van der Waals surface area contributed by atoms with Gasteiger partial charge in [0.25, 0.3) is 5.56 Å². The highest BCUT2D eigenvalue weighted by Gasteiger charge is 2.24. The molecule has 1 aliphatic rings. The number of rotatable bonds is 7. The van der Waals surface area contributed by atoms with Crippen LogP contribution in [0.3, 0.4) is 0 Å². The average molecular weight is 477 g/mol. The standard InChI is InChI=1S/C23H22F2N2O5S/c1-13-7-15(11-27(23(13)29)10-14-3-4-14)22-21(32-20-6-5-16(24)8-17(20)25)9-19(28)18(26-22)12-33(2,30)31/h5-9,11,14,28H,3-4,10,12H2,1-2H3. The smallest absolute Gasteiger partial charge is 0.253 e. The molecule has 1 fully saturated rings. The van der Waals surface area contributed by atoms with Gasteiger partial charge in [0.05, 0.1) is 11.4 Å². The molecule has 174 valence electrons. The van der Waals surface area contributed by atoms with Gasteiger partial charge in [-0.25, -0.2) is 22.2 Å². The molecule has 1 N–H and O–H groups in total. The van der Waals surface area contributed by atoms with Crippen LogP contribution in [0.15, 0.2) is 41.3 Å². The minimum Gasteiger partial charge on any atom is -0.506 e. The molecule has 1 saturated carbocycles. The number of aryl methyl sites for hydroxylation is 1. The van der Waals surface area contributed by atoms with E-state index in [1.807, 2.05) is 0 Å². The van der Waals surface area contributed by atoms with Crippen molar-refractivity contribution in [1.29, 1.82) is 0 Å². The molecule has 1 aromatic carbocycles. The van der Waals surface area contributed by atoms with Crippen molar-refractivity contribution in [1.82, 2.24) is 9.55 Å². The van der Waals surface area contributed by atoms with Gasteiger partial charge in [0.2, 0.25) is 0 Å². The predicted molar refractivity (Wildman–Crippen MR) is 118 cm³/mol. The Balaban J connectivity index is 1.87. The molecule has 0 unspecified atom stereocenters. The van der Waals surface area contributed by atoms with Crippen LogP contribution >= 0.6 is 0 Å². The first-order valence-corrected chi connectivity index (χ1v) is 12.3. The van der Waals surface area contributed by atoms with Crippen molar-refractivity contribution in [3.63, 3.8) is 0 Å². The molecule has 0 atom stereocenters. The van der Waals surface area contributed by atoms with Gasteiger partial charge in [-0.1, -0.05) is 0 Å². The third kappa shape index (κ3) is 5.39. The SMILES string of the molecule is Cc1cc(-c2nc(CS(C)(=O)=O)c(O)cc2Oc2ccc(F)cc2F)cn(CC2CC2)c1=O. The van der Waals surface area contributed by atoms with E-state index in [4.69, 9.17) is 4.74 Å². The fourth-order valence-corrected chi connectivity index (χ4v) is 4.18. The van der Waals surface area contributed by atoms with Crippen molar-refractivity contribution in [2.45, 2.75) is 32.1 Å². The summed E-state index contributed by atoms with van der Waals surface area (Å²) in [5.74, 6) is -2.70. The number of aromatic nitrogens is 2. The molecule has 7 nitrogen and oxygen atoms in total. The Bertz CT molecular complexity index is 1400. The molecule has 2 heterocycles. The lowest BCUT2D eigenvalue weighted by Crippen LogP contribution is -2.22. The number of pyridine rings is 2. The highest BCUT2D eigenvalue weighted by molar-refractivity contribution is 7.89. The first kappa shape index (κ1) is 22.9. The fourth-order valence-electron chi connectivity index (χ4n) is 3.47. The van der Waals surface area contributed by atoms with E-state index in [1.165, 1.54) is 0 Å². The zero-order chi connectivity index (χ0) is 23.9. The van der Waals surface area contributed by atoms with Gasteiger partial charge in [-0.15, -0.1) is 0 Å². The Morgan fingerprint density at radius 2 is 1.91 bits per heavy atom. The van der Waals surface area contributed by atoms with Crippen LogP contribution in [0.1, 0.15) is 24.1 Å². The summed E-state index contributed by atoms with van der Waals surface area (Å²) in [7, 11) is -3.53. The van der Waals surface area contributed by atoms with Crippen LogP contribution in [0.25, 0.3) is 11.3 Å². The molecule has 0 radical (unpaired) electrons. The number of hydrogen-bond donors (Lipinski definition) is 1. The fraction of sp³-hybridized carbons (Fsp3) is 0.304. The van der Waals surface area contributed by atoms with Crippen LogP contribution < -0.4 is 10.3 Å². The Kier molecular flexibility index (Phi) is 5.96. The highest BCUT2D eigenvalue weighted by Crippen LogP contribution is 2.38. The molecule has 0 bridgehead atoms. The van der Waals surface area contributed by atoms with Gasteiger partial charge in [0.1, 0.15) is 17.3 Å². The first-order valence-electron chi connectivity index (χ1n) is 10.2. The van der Waals surface area contributed by atoms with E-state index in [0.29, 0.717) is 29.7 Å². The summed E-state index contributed by atoms with van der Waals surface area (Å²) in [5.41, 5.74) is 0.708. The van der Waals surface area contributed by atoms with Crippen molar-refractivity contribution < 1.29 is 27.0 Å². The maximum atomic E-state index is 14.2. The maximum absolute atomic E-state index is 14.2. The van der Waals surface area contributed by atoms with Gasteiger partial charge in [-0.3, -0.25) is 4.79 Å². The number of nitrogens with zero attached hydrogens (tertiary/aromatic N) is 2. The van der Waals surface area contributed by atoms with Crippen LogP contribution in [-0.2, 0) is 22.1 Å². The average Bonchev–Trinajstić information content (AvgIpc) is 3.52. The predicted octanol–water partition coefficient (Wildman–Crippen LogP) is 3.95. The number of ether oxygens (including phenoxy) is 1. The van der Waals surface area contributed by atoms with Crippen LogP contribution in [0.5, 0.6) is 17.2 Å². The van der Waals surface area contributed by atoms with Crippen LogP contribution in [0.4, 0.5) is 8.78 Å². The Hall–Kier alpha value is -3.27. The van der Waals surface area contributed by atoms with E-state index in [-0.39, 0.29) is 28.4 Å². The van der Waals surface area contributed by atoms with Crippen molar-refractivity contribution in [3.05, 3.63) is 69.8 Å². The summed E-state index contributed by atoms with van der Waals surface area (Å²) in [6.45, 7) is 2.18. The zero-order valence-electron chi connectivity index (χ0n) is 18.0. The second kappa shape index (κ2) is 8.58. The van der Waals surface area contributed by atoms with Crippen molar-refractivity contribution in [2.75, 3.05) is 6.26 Å². The van der Waals surface area contributed by atoms with Crippen LogP contribution in [0, 0.1) is 24.5 Å². The van der Waals surface area contributed by atoms with Crippen LogP contribution in [-0.4, -0.2) is 29.3 Å². The van der Waals surface area contributed by atoms with E-state index < -0.39 is 33.0 Å². The van der Waals surface area contributed by atoms with E-state index in [1.54, 1.807) is 23.8 Å². The lowest BCUT2D eigenvalue weighted by atomic mass is 10.1. The van der Waals surface area contributed by atoms with E-state index in [9.17, 15) is 27.1 Å². The molecule has 10 heteroatoms. The molecule has 33 heavy (non-hydrogen) atoms. The molecule has 3 aromatic rings. The summed E-state index contributed by atoms with van der Waals surface area (Å²) >= 11 is 0. The van der Waals surface area contributed by atoms with Gasteiger partial charge < -0.3 is 14.4 Å². The summed E-state index contributed by atoms with van der Waals surface area (Å²) in [4.78, 5) is 16.9. The van der Waals surface area contributed by atoms with Crippen molar-refractivity contribution in [2.24, 2.45) is 5.92 Å². The minimum absolute atomic E-state index is 0.0775. The number of halogens is 2. The largest absolute Gasteiger partial charge is 0.506 e. The monoisotopic (exact) mass is 476 g/mol. The van der Waals surface area contributed by atoms with Gasteiger partial charge in [-0.05, 0) is 43.9 Å². The maximum Gasteiger partial charge on any atom is 0.253 e. The molecular formula is C23H22F2N2O5S. The first-order chi connectivity index (χ1) is 15.5. The van der Waals surface area contributed by atoms with E-state index in [0.717, 1.165) is 37.3 Å². The summed E-state index contributed by atoms with van der Waals surface area (Å²) < 4.78 is 58.4. The molecular weight excluding hydrogens is 454 g/mol. The van der Waals surface area contributed by atoms with E-state index >= 15 is 0 Å². The zero-order valence-corrected chi connectivity index (χ0v) is 18.8. The second-order valence-corrected chi connectivity index (χ2v) is 10.5. The Morgan fingerprint density at radius 1 is 1.18 bits per heavy atom.